The molecule has 126 valence electrons. The minimum absolute atomic E-state index is 0.0431. The van der Waals surface area contributed by atoms with Gasteiger partial charge in [0.2, 0.25) is 5.78 Å². The molecule has 1 aromatic heterocycles. The molecule has 0 bridgehead atoms. The standard InChI is InChI=1S/C17H15F3N2OS/c18-17(19,20)13-3-1-2-10(6-13)15(23)14-7-21-16(24-14)22-8-11-4-5-12(11)9-22/h1-3,6-7,11-12H,4-5,8-9H2. The summed E-state index contributed by atoms with van der Waals surface area (Å²) in [6.07, 6.45) is -0.474. The average molecular weight is 352 g/mol. The summed E-state index contributed by atoms with van der Waals surface area (Å²) in [6, 6.07) is 4.54. The summed E-state index contributed by atoms with van der Waals surface area (Å²) in [4.78, 5) is 19.4. The Morgan fingerprint density at radius 3 is 2.54 bits per heavy atom. The Bertz CT molecular complexity index is 774. The number of halogens is 3. The molecule has 0 N–H and O–H groups in total. The maximum absolute atomic E-state index is 12.8. The molecule has 2 heterocycles. The van der Waals surface area contributed by atoms with Gasteiger partial charge in [-0.2, -0.15) is 13.2 Å². The van der Waals surface area contributed by atoms with E-state index in [4.69, 9.17) is 0 Å². The zero-order valence-electron chi connectivity index (χ0n) is 12.7. The quantitative estimate of drug-likeness (QED) is 0.775. The predicted octanol–water partition coefficient (Wildman–Crippen LogP) is 4.24. The summed E-state index contributed by atoms with van der Waals surface area (Å²) >= 11 is 1.26. The van der Waals surface area contributed by atoms with Crippen LogP contribution in [0.5, 0.6) is 0 Å². The number of hydrogen-bond donors (Lipinski definition) is 0. The van der Waals surface area contributed by atoms with Crippen LogP contribution in [0.2, 0.25) is 0 Å². The molecular weight excluding hydrogens is 337 g/mol. The summed E-state index contributed by atoms with van der Waals surface area (Å²) in [7, 11) is 0. The van der Waals surface area contributed by atoms with E-state index in [9.17, 15) is 18.0 Å². The van der Waals surface area contributed by atoms with Gasteiger partial charge in [-0.3, -0.25) is 4.79 Å². The zero-order valence-corrected chi connectivity index (χ0v) is 13.5. The van der Waals surface area contributed by atoms with Crippen LogP contribution in [0.4, 0.5) is 18.3 Å². The number of rotatable bonds is 3. The van der Waals surface area contributed by atoms with Crippen molar-refractivity contribution >= 4 is 22.3 Å². The minimum Gasteiger partial charge on any atom is -0.348 e. The van der Waals surface area contributed by atoms with Crippen LogP contribution in [0, 0.1) is 11.8 Å². The molecule has 3 nitrogen and oxygen atoms in total. The van der Waals surface area contributed by atoms with Crippen molar-refractivity contribution in [1.29, 1.82) is 0 Å². The van der Waals surface area contributed by atoms with E-state index in [1.54, 1.807) is 0 Å². The number of carbonyl (C=O) groups excluding carboxylic acids is 1. The largest absolute Gasteiger partial charge is 0.416 e. The van der Waals surface area contributed by atoms with Gasteiger partial charge < -0.3 is 4.90 Å². The SMILES string of the molecule is O=C(c1cccc(C(F)(F)F)c1)c1cnc(N2CC3CCC3C2)s1. The van der Waals surface area contributed by atoms with Crippen molar-refractivity contribution in [3.8, 4) is 0 Å². The number of hydrogen-bond acceptors (Lipinski definition) is 4. The number of aromatic nitrogens is 1. The topological polar surface area (TPSA) is 33.2 Å². The molecule has 2 unspecified atom stereocenters. The van der Waals surface area contributed by atoms with Crippen LogP contribution in [0.25, 0.3) is 0 Å². The van der Waals surface area contributed by atoms with Crippen molar-refractivity contribution in [2.24, 2.45) is 11.8 Å². The fraction of sp³-hybridized carbons (Fsp3) is 0.412. The molecule has 1 aliphatic carbocycles. The number of alkyl halides is 3. The lowest BCUT2D eigenvalue weighted by molar-refractivity contribution is -0.137. The summed E-state index contributed by atoms with van der Waals surface area (Å²) in [6.45, 7) is 1.94. The molecule has 1 aromatic carbocycles. The first-order chi connectivity index (χ1) is 11.4. The second-order valence-corrected chi connectivity index (χ2v) is 7.43. The third-order valence-electron chi connectivity index (χ3n) is 4.92. The van der Waals surface area contributed by atoms with Gasteiger partial charge in [-0.15, -0.1) is 0 Å². The molecule has 2 aliphatic rings. The maximum Gasteiger partial charge on any atom is 0.416 e. The lowest BCUT2D eigenvalue weighted by atomic mass is 9.77. The van der Waals surface area contributed by atoms with Crippen LogP contribution in [0.15, 0.2) is 30.5 Å². The van der Waals surface area contributed by atoms with Crippen molar-refractivity contribution in [1.82, 2.24) is 4.98 Å². The Hall–Kier alpha value is -1.89. The molecule has 1 aliphatic heterocycles. The predicted molar refractivity (Wildman–Crippen MR) is 85.4 cm³/mol. The first-order valence-electron chi connectivity index (χ1n) is 7.84. The Balaban J connectivity index is 1.55. The van der Waals surface area contributed by atoms with E-state index < -0.39 is 17.5 Å². The lowest BCUT2D eigenvalue weighted by Gasteiger charge is -2.27. The number of ketones is 1. The van der Waals surface area contributed by atoms with Crippen LogP contribution >= 0.6 is 11.3 Å². The summed E-state index contributed by atoms with van der Waals surface area (Å²) in [5, 5.41) is 0.791. The van der Waals surface area contributed by atoms with Gasteiger partial charge in [0.15, 0.2) is 5.13 Å². The van der Waals surface area contributed by atoms with E-state index in [2.05, 4.69) is 9.88 Å². The molecule has 2 fully saturated rings. The van der Waals surface area contributed by atoms with Crippen molar-refractivity contribution in [3.05, 3.63) is 46.5 Å². The first kappa shape index (κ1) is 15.6. The molecule has 1 saturated carbocycles. The monoisotopic (exact) mass is 352 g/mol. The highest BCUT2D eigenvalue weighted by Crippen LogP contribution is 2.42. The summed E-state index contributed by atoms with van der Waals surface area (Å²) in [5.74, 6) is 1.06. The van der Waals surface area contributed by atoms with Gasteiger partial charge >= 0.3 is 6.18 Å². The van der Waals surface area contributed by atoms with Crippen LogP contribution < -0.4 is 4.90 Å². The zero-order chi connectivity index (χ0) is 16.9. The van der Waals surface area contributed by atoms with E-state index in [1.807, 2.05) is 0 Å². The van der Waals surface area contributed by atoms with Gasteiger partial charge in [0, 0.05) is 18.7 Å². The molecular formula is C17H15F3N2OS. The number of benzene rings is 1. The minimum atomic E-state index is -4.45. The second kappa shape index (κ2) is 5.58. The van der Waals surface area contributed by atoms with E-state index >= 15 is 0 Å². The third-order valence-corrected chi connectivity index (χ3v) is 5.98. The van der Waals surface area contributed by atoms with Crippen LogP contribution in [-0.4, -0.2) is 23.9 Å². The first-order valence-corrected chi connectivity index (χ1v) is 8.66. The molecule has 0 amide bonds. The maximum atomic E-state index is 12.8. The number of anilines is 1. The van der Waals surface area contributed by atoms with Crippen molar-refractivity contribution in [3.63, 3.8) is 0 Å². The molecule has 2 atom stereocenters. The summed E-state index contributed by atoms with van der Waals surface area (Å²) in [5.41, 5.74) is -0.768. The number of fused-ring (bicyclic) bond motifs is 1. The highest BCUT2D eigenvalue weighted by atomic mass is 32.1. The van der Waals surface area contributed by atoms with Gasteiger partial charge in [-0.1, -0.05) is 23.5 Å². The third kappa shape index (κ3) is 2.70. The molecule has 7 heteroatoms. The number of nitrogens with zero attached hydrogens (tertiary/aromatic N) is 2. The van der Waals surface area contributed by atoms with Gasteiger partial charge in [0.25, 0.3) is 0 Å². The molecule has 2 aromatic rings. The molecule has 0 spiro atoms. The summed E-state index contributed by atoms with van der Waals surface area (Å²) < 4.78 is 38.4. The van der Waals surface area contributed by atoms with Gasteiger partial charge in [0.1, 0.15) is 0 Å². The van der Waals surface area contributed by atoms with Crippen LogP contribution in [0.1, 0.15) is 33.6 Å². The van der Waals surface area contributed by atoms with Crippen molar-refractivity contribution in [2.45, 2.75) is 19.0 Å². The van der Waals surface area contributed by atoms with E-state index in [-0.39, 0.29) is 5.56 Å². The lowest BCUT2D eigenvalue weighted by Crippen LogP contribution is -2.22. The Kier molecular flexibility index (Phi) is 3.63. The average Bonchev–Trinajstić information content (AvgIpc) is 3.12. The highest BCUT2D eigenvalue weighted by Gasteiger charge is 2.40. The van der Waals surface area contributed by atoms with Gasteiger partial charge in [-0.25, -0.2) is 4.98 Å². The highest BCUT2D eigenvalue weighted by molar-refractivity contribution is 7.17. The smallest absolute Gasteiger partial charge is 0.348 e. The van der Waals surface area contributed by atoms with Crippen molar-refractivity contribution < 1.29 is 18.0 Å². The van der Waals surface area contributed by atoms with Crippen molar-refractivity contribution in [2.75, 3.05) is 18.0 Å². The molecule has 1 saturated heterocycles. The Morgan fingerprint density at radius 1 is 1.21 bits per heavy atom. The van der Waals surface area contributed by atoms with E-state index in [0.29, 0.717) is 4.88 Å². The number of carbonyl (C=O) groups is 1. The van der Waals surface area contributed by atoms with Gasteiger partial charge in [-0.05, 0) is 36.8 Å². The van der Waals surface area contributed by atoms with Crippen LogP contribution in [0.3, 0.4) is 0 Å². The molecule has 4 rings (SSSR count). The Morgan fingerprint density at radius 2 is 1.92 bits per heavy atom. The van der Waals surface area contributed by atoms with Crippen LogP contribution in [-0.2, 0) is 6.18 Å². The normalized spacial score (nSPS) is 23.0. The fourth-order valence-corrected chi connectivity index (χ4v) is 4.31. The molecule has 24 heavy (non-hydrogen) atoms. The Labute approximate surface area is 141 Å². The molecule has 0 radical (unpaired) electrons. The van der Waals surface area contributed by atoms with Gasteiger partial charge in [0.05, 0.1) is 16.6 Å². The fourth-order valence-electron chi connectivity index (χ4n) is 3.41. The van der Waals surface area contributed by atoms with E-state index in [1.165, 1.54) is 42.5 Å². The van der Waals surface area contributed by atoms with E-state index in [0.717, 1.165) is 42.2 Å². The number of thiazole rings is 1. The second-order valence-electron chi connectivity index (χ2n) is 6.42.